The summed E-state index contributed by atoms with van der Waals surface area (Å²) < 4.78 is 5.22. The number of carboxylic acid groups (broad SMARTS) is 1. The molecule has 0 fully saturated rings. The Morgan fingerprint density at radius 3 is 2.10 bits per heavy atom. The molecule has 0 saturated carbocycles. The molecule has 0 unspecified atom stereocenters. The maximum atomic E-state index is 13.9. The molecule has 4 rings (SSSR count). The fourth-order valence-corrected chi connectivity index (χ4v) is 4.69. The topological polar surface area (TPSA) is 95.9 Å². The minimum atomic E-state index is -0.976. The predicted octanol–water partition coefficient (Wildman–Crippen LogP) is 5.76. The van der Waals surface area contributed by atoms with E-state index in [1.807, 2.05) is 79.7 Å². The van der Waals surface area contributed by atoms with Crippen molar-refractivity contribution in [1.29, 1.82) is 0 Å². The van der Waals surface area contributed by atoms with Crippen molar-refractivity contribution in [2.24, 2.45) is 0 Å². The van der Waals surface area contributed by atoms with Gasteiger partial charge in [0.25, 0.3) is 11.8 Å². The average molecular weight is 551 g/mol. The zero-order valence-corrected chi connectivity index (χ0v) is 23.3. The first kappa shape index (κ1) is 29.1. The highest BCUT2D eigenvalue weighted by Crippen LogP contribution is 2.28. The SMILES string of the molecule is COc1ccc(CCN(CCC(=O)O)C(=O)c2ccccc2-c2ccccc2C(=O)NCc2cccc(C)c2)cc1. The summed E-state index contributed by atoms with van der Waals surface area (Å²) in [6, 6.07) is 29.9. The van der Waals surface area contributed by atoms with Crippen molar-refractivity contribution in [2.75, 3.05) is 20.2 Å². The van der Waals surface area contributed by atoms with Crippen molar-refractivity contribution in [2.45, 2.75) is 26.3 Å². The van der Waals surface area contributed by atoms with Crippen molar-refractivity contribution < 1.29 is 24.2 Å². The van der Waals surface area contributed by atoms with Crippen LogP contribution in [0.15, 0.2) is 97.1 Å². The maximum absolute atomic E-state index is 13.9. The van der Waals surface area contributed by atoms with Gasteiger partial charge in [-0.1, -0.05) is 78.4 Å². The monoisotopic (exact) mass is 550 g/mol. The van der Waals surface area contributed by atoms with Crippen LogP contribution in [0.3, 0.4) is 0 Å². The van der Waals surface area contributed by atoms with Gasteiger partial charge in [-0.05, 0) is 59.9 Å². The number of carbonyl (C=O) groups is 3. The van der Waals surface area contributed by atoms with Gasteiger partial charge in [0, 0.05) is 30.8 Å². The second-order valence-corrected chi connectivity index (χ2v) is 9.80. The Labute approximate surface area is 240 Å². The zero-order valence-electron chi connectivity index (χ0n) is 23.3. The molecule has 0 aliphatic carbocycles. The van der Waals surface area contributed by atoms with Gasteiger partial charge in [-0.2, -0.15) is 0 Å². The average Bonchev–Trinajstić information content (AvgIpc) is 3.00. The van der Waals surface area contributed by atoms with Crippen molar-refractivity contribution >= 4 is 17.8 Å². The molecular formula is C34H34N2O5. The molecule has 4 aromatic rings. The zero-order chi connectivity index (χ0) is 29.2. The van der Waals surface area contributed by atoms with Crippen LogP contribution < -0.4 is 10.1 Å². The molecule has 41 heavy (non-hydrogen) atoms. The summed E-state index contributed by atoms with van der Waals surface area (Å²) in [6.07, 6.45) is 0.379. The second kappa shape index (κ2) is 13.9. The number of aryl methyl sites for hydroxylation is 1. The molecule has 4 aromatic carbocycles. The number of aliphatic carboxylic acids is 1. The Balaban J connectivity index is 1.59. The lowest BCUT2D eigenvalue weighted by atomic mass is 9.94. The van der Waals surface area contributed by atoms with E-state index in [9.17, 15) is 19.5 Å². The molecule has 7 heteroatoms. The highest BCUT2D eigenvalue weighted by molar-refractivity contribution is 6.06. The smallest absolute Gasteiger partial charge is 0.305 e. The van der Waals surface area contributed by atoms with E-state index in [-0.39, 0.29) is 24.8 Å². The molecule has 7 nitrogen and oxygen atoms in total. The largest absolute Gasteiger partial charge is 0.497 e. The van der Waals surface area contributed by atoms with Crippen LogP contribution in [-0.4, -0.2) is 48.0 Å². The number of hydrogen-bond donors (Lipinski definition) is 2. The highest BCUT2D eigenvalue weighted by atomic mass is 16.5. The lowest BCUT2D eigenvalue weighted by molar-refractivity contribution is -0.137. The van der Waals surface area contributed by atoms with Gasteiger partial charge in [0.2, 0.25) is 0 Å². The number of rotatable bonds is 12. The van der Waals surface area contributed by atoms with E-state index in [2.05, 4.69) is 5.32 Å². The van der Waals surface area contributed by atoms with Crippen molar-refractivity contribution in [3.8, 4) is 16.9 Å². The summed E-state index contributed by atoms with van der Waals surface area (Å²) in [5.74, 6) is -0.767. The van der Waals surface area contributed by atoms with Crippen LogP contribution in [0.4, 0.5) is 0 Å². The molecule has 0 aliphatic heterocycles. The first-order valence-corrected chi connectivity index (χ1v) is 13.5. The summed E-state index contributed by atoms with van der Waals surface area (Å²) >= 11 is 0. The molecule has 0 radical (unpaired) electrons. The maximum Gasteiger partial charge on any atom is 0.305 e. The van der Waals surface area contributed by atoms with Crippen LogP contribution >= 0.6 is 0 Å². The lowest BCUT2D eigenvalue weighted by Gasteiger charge is -2.24. The fourth-order valence-electron chi connectivity index (χ4n) is 4.69. The third-order valence-electron chi connectivity index (χ3n) is 6.87. The Bertz CT molecular complexity index is 1510. The molecule has 0 heterocycles. The number of hydrogen-bond acceptors (Lipinski definition) is 4. The standard InChI is InChI=1S/C34H34N2O5/c1-24-8-7-9-26(22-24)23-35-33(39)30-12-5-3-10-28(30)29-11-4-6-13-31(29)34(40)36(21-19-32(37)38)20-18-25-14-16-27(41-2)17-15-25/h3-17,22H,18-21,23H2,1-2H3,(H,35,39)(H,37,38). The Morgan fingerprint density at radius 1 is 0.780 bits per heavy atom. The normalized spacial score (nSPS) is 10.6. The van der Waals surface area contributed by atoms with Gasteiger partial charge in [-0.3, -0.25) is 14.4 Å². The quantitative estimate of drug-likeness (QED) is 0.234. The van der Waals surface area contributed by atoms with Gasteiger partial charge in [0.05, 0.1) is 13.5 Å². The number of carbonyl (C=O) groups excluding carboxylic acids is 2. The first-order valence-electron chi connectivity index (χ1n) is 13.5. The summed E-state index contributed by atoms with van der Waals surface area (Å²) in [6.45, 7) is 2.79. The molecule has 0 bridgehead atoms. The molecule has 210 valence electrons. The molecule has 0 aliphatic rings. The Kier molecular flexibility index (Phi) is 9.89. The van der Waals surface area contributed by atoms with Gasteiger partial charge in [0.15, 0.2) is 0 Å². The molecule has 0 aromatic heterocycles. The van der Waals surface area contributed by atoms with Gasteiger partial charge in [-0.25, -0.2) is 0 Å². The molecule has 2 amide bonds. The van der Waals surface area contributed by atoms with Crippen molar-refractivity contribution in [3.05, 3.63) is 125 Å². The Morgan fingerprint density at radius 2 is 1.44 bits per heavy atom. The molecule has 0 spiro atoms. The minimum absolute atomic E-state index is 0.0667. The van der Waals surface area contributed by atoms with Crippen LogP contribution in [0.1, 0.15) is 43.8 Å². The Hall–Kier alpha value is -4.91. The van der Waals surface area contributed by atoms with Crippen LogP contribution in [0.5, 0.6) is 5.75 Å². The van der Waals surface area contributed by atoms with Crippen LogP contribution in [0.2, 0.25) is 0 Å². The lowest BCUT2D eigenvalue weighted by Crippen LogP contribution is -2.35. The molecular weight excluding hydrogens is 516 g/mol. The van der Waals surface area contributed by atoms with Crippen LogP contribution in [0.25, 0.3) is 11.1 Å². The number of ether oxygens (including phenoxy) is 1. The van der Waals surface area contributed by atoms with E-state index in [0.717, 1.165) is 22.4 Å². The molecule has 0 saturated heterocycles. The number of carboxylic acids is 1. The van der Waals surface area contributed by atoms with E-state index in [1.165, 1.54) is 0 Å². The van der Waals surface area contributed by atoms with Gasteiger partial charge in [0.1, 0.15) is 5.75 Å². The van der Waals surface area contributed by atoms with Crippen molar-refractivity contribution in [3.63, 3.8) is 0 Å². The third-order valence-corrected chi connectivity index (χ3v) is 6.87. The summed E-state index contributed by atoms with van der Waals surface area (Å²) in [5.41, 5.74) is 5.22. The molecule has 0 atom stereocenters. The summed E-state index contributed by atoms with van der Waals surface area (Å²) in [5, 5.41) is 12.3. The van der Waals surface area contributed by atoms with Crippen LogP contribution in [-0.2, 0) is 17.8 Å². The number of amides is 2. The summed E-state index contributed by atoms with van der Waals surface area (Å²) in [7, 11) is 1.60. The van der Waals surface area contributed by atoms with E-state index in [4.69, 9.17) is 4.74 Å². The van der Waals surface area contributed by atoms with Gasteiger partial charge < -0.3 is 20.1 Å². The van der Waals surface area contributed by atoms with E-state index < -0.39 is 5.97 Å². The predicted molar refractivity (Wildman–Crippen MR) is 159 cm³/mol. The highest BCUT2D eigenvalue weighted by Gasteiger charge is 2.22. The van der Waals surface area contributed by atoms with E-state index in [0.29, 0.717) is 41.8 Å². The molecule has 2 N–H and O–H groups in total. The fraction of sp³-hybridized carbons (Fsp3) is 0.206. The van der Waals surface area contributed by atoms with Crippen molar-refractivity contribution in [1.82, 2.24) is 10.2 Å². The number of nitrogens with zero attached hydrogens (tertiary/aromatic N) is 1. The van der Waals surface area contributed by atoms with E-state index >= 15 is 0 Å². The number of nitrogens with one attached hydrogen (secondary N) is 1. The van der Waals surface area contributed by atoms with Gasteiger partial charge in [-0.15, -0.1) is 0 Å². The number of benzene rings is 4. The first-order chi connectivity index (χ1) is 19.9. The van der Waals surface area contributed by atoms with Gasteiger partial charge >= 0.3 is 5.97 Å². The third kappa shape index (κ3) is 7.82. The minimum Gasteiger partial charge on any atom is -0.497 e. The van der Waals surface area contributed by atoms with E-state index in [1.54, 1.807) is 36.3 Å². The number of methoxy groups -OCH3 is 1. The second-order valence-electron chi connectivity index (χ2n) is 9.80. The van der Waals surface area contributed by atoms with Crippen LogP contribution in [0, 0.1) is 6.92 Å². The summed E-state index contributed by atoms with van der Waals surface area (Å²) in [4.78, 5) is 40.2.